The second-order valence-corrected chi connectivity index (χ2v) is 21.7. The number of aliphatic hydroxyl groups excluding tert-OH is 1. The lowest BCUT2D eigenvalue weighted by Crippen LogP contribution is -2.45. The topological polar surface area (TPSA) is 108 Å². The van der Waals surface area contributed by atoms with Gasteiger partial charge in [0.15, 0.2) is 0 Å². The van der Waals surface area contributed by atoms with E-state index in [1.807, 2.05) is 27.2 Å². The highest BCUT2D eigenvalue weighted by atomic mass is 31.2. The maximum atomic E-state index is 12.9. The average Bonchev–Trinajstić information content (AvgIpc) is 3.28. The molecular weight excluding hydrogens is 840 g/mol. The molecule has 0 rings (SSSR count). The number of phosphoric ester groups is 1. The number of unbranched alkanes of at least 4 members (excludes halogenated alkanes) is 32. The lowest BCUT2D eigenvalue weighted by atomic mass is 10.0. The van der Waals surface area contributed by atoms with Crippen molar-refractivity contribution in [1.29, 1.82) is 0 Å². The second-order valence-electron chi connectivity index (χ2n) is 20.3. The molecule has 0 aliphatic carbocycles. The fourth-order valence-electron chi connectivity index (χ4n) is 8.08. The number of phosphoric acid groups is 1. The molecule has 0 aromatic rings. The average molecular weight is 949 g/mol. The number of allylic oxidation sites excluding steroid dienone is 7. The summed E-state index contributed by atoms with van der Waals surface area (Å²) in [7, 11) is 1.24. The van der Waals surface area contributed by atoms with Gasteiger partial charge in [0, 0.05) is 6.42 Å². The van der Waals surface area contributed by atoms with Gasteiger partial charge in [0.1, 0.15) is 13.2 Å². The van der Waals surface area contributed by atoms with Crippen LogP contribution in [0.4, 0.5) is 0 Å². The van der Waals surface area contributed by atoms with Gasteiger partial charge in [-0.05, 0) is 64.2 Å². The van der Waals surface area contributed by atoms with Crippen molar-refractivity contribution >= 4 is 13.7 Å². The number of nitrogens with zero attached hydrogens (tertiary/aromatic N) is 1. The molecular formula is C57H109N2O6P. The van der Waals surface area contributed by atoms with Gasteiger partial charge < -0.3 is 28.8 Å². The zero-order valence-corrected chi connectivity index (χ0v) is 45.0. The molecule has 0 heterocycles. The van der Waals surface area contributed by atoms with Crippen LogP contribution in [0.1, 0.15) is 258 Å². The Labute approximate surface area is 409 Å². The van der Waals surface area contributed by atoms with Gasteiger partial charge in [-0.3, -0.25) is 9.36 Å². The van der Waals surface area contributed by atoms with Crippen molar-refractivity contribution in [1.82, 2.24) is 5.32 Å². The SMILES string of the molecule is CCCCCCCCCCC/C=C\C/C=C\CCCCCCCCCC(=O)NC(COP(=O)([O-])OCC[N+](C)(C)C)C(O)/C=C/CC/C=C/CCCCCCCCCCCCCCCCC. The van der Waals surface area contributed by atoms with Gasteiger partial charge in [0.25, 0.3) is 7.82 Å². The van der Waals surface area contributed by atoms with E-state index in [4.69, 9.17) is 9.05 Å². The minimum atomic E-state index is -4.61. The second kappa shape index (κ2) is 48.5. The van der Waals surface area contributed by atoms with E-state index in [1.165, 1.54) is 180 Å². The summed E-state index contributed by atoms with van der Waals surface area (Å²) in [5.41, 5.74) is 0. The molecule has 0 aromatic carbocycles. The van der Waals surface area contributed by atoms with Crippen LogP contribution in [-0.2, 0) is 18.4 Å². The quantitative estimate of drug-likeness (QED) is 0.0272. The normalized spacial score (nSPS) is 14.3. The number of rotatable bonds is 51. The molecule has 0 aliphatic rings. The molecule has 3 unspecified atom stereocenters. The van der Waals surface area contributed by atoms with E-state index in [0.717, 1.165) is 57.8 Å². The molecule has 0 saturated carbocycles. The van der Waals surface area contributed by atoms with Crippen molar-refractivity contribution in [3.8, 4) is 0 Å². The maximum absolute atomic E-state index is 12.9. The molecule has 0 saturated heterocycles. The molecule has 0 aliphatic heterocycles. The third-order valence-corrected chi connectivity index (χ3v) is 13.5. The molecule has 388 valence electrons. The predicted octanol–water partition coefficient (Wildman–Crippen LogP) is 16.1. The number of carbonyl (C=O) groups excluding carboxylic acids is 1. The summed E-state index contributed by atoms with van der Waals surface area (Å²) in [5, 5.41) is 13.9. The lowest BCUT2D eigenvalue weighted by molar-refractivity contribution is -0.870. The molecule has 0 aromatic heterocycles. The van der Waals surface area contributed by atoms with Crippen molar-refractivity contribution in [3.63, 3.8) is 0 Å². The summed E-state index contributed by atoms with van der Waals surface area (Å²) in [5.74, 6) is -0.213. The van der Waals surface area contributed by atoms with Crippen LogP contribution in [0.25, 0.3) is 0 Å². The van der Waals surface area contributed by atoms with Gasteiger partial charge in [0.2, 0.25) is 5.91 Å². The van der Waals surface area contributed by atoms with Crippen LogP contribution in [0.5, 0.6) is 0 Å². The molecule has 9 heteroatoms. The number of carbonyl (C=O) groups is 1. The Balaban J connectivity index is 4.31. The van der Waals surface area contributed by atoms with Crippen molar-refractivity contribution < 1.29 is 32.9 Å². The number of nitrogens with one attached hydrogen (secondary N) is 1. The van der Waals surface area contributed by atoms with E-state index in [9.17, 15) is 19.4 Å². The lowest BCUT2D eigenvalue weighted by Gasteiger charge is -2.29. The van der Waals surface area contributed by atoms with Gasteiger partial charge in [-0.15, -0.1) is 0 Å². The van der Waals surface area contributed by atoms with Crippen LogP contribution < -0.4 is 10.2 Å². The van der Waals surface area contributed by atoms with Gasteiger partial charge in [-0.1, -0.05) is 236 Å². The van der Waals surface area contributed by atoms with E-state index in [-0.39, 0.29) is 12.5 Å². The molecule has 0 radical (unpaired) electrons. The monoisotopic (exact) mass is 949 g/mol. The molecule has 0 spiro atoms. The van der Waals surface area contributed by atoms with Gasteiger partial charge in [-0.2, -0.15) is 0 Å². The number of hydrogen-bond acceptors (Lipinski definition) is 6. The number of amides is 1. The van der Waals surface area contributed by atoms with Gasteiger partial charge >= 0.3 is 0 Å². The van der Waals surface area contributed by atoms with Crippen molar-refractivity contribution in [2.45, 2.75) is 270 Å². The highest BCUT2D eigenvalue weighted by Gasteiger charge is 2.23. The van der Waals surface area contributed by atoms with E-state index in [1.54, 1.807) is 6.08 Å². The predicted molar refractivity (Wildman–Crippen MR) is 284 cm³/mol. The van der Waals surface area contributed by atoms with Crippen LogP contribution in [0.3, 0.4) is 0 Å². The van der Waals surface area contributed by atoms with Crippen LogP contribution in [0.15, 0.2) is 48.6 Å². The van der Waals surface area contributed by atoms with Gasteiger partial charge in [-0.25, -0.2) is 0 Å². The number of likely N-dealkylation sites (N-methyl/N-ethyl adjacent to an activating group) is 1. The zero-order chi connectivity index (χ0) is 48.5. The van der Waals surface area contributed by atoms with Crippen LogP contribution in [0.2, 0.25) is 0 Å². The Hall–Kier alpha value is -1.54. The highest BCUT2D eigenvalue weighted by Crippen LogP contribution is 2.38. The summed E-state index contributed by atoms with van der Waals surface area (Å²) in [6.07, 6.45) is 63.3. The summed E-state index contributed by atoms with van der Waals surface area (Å²) in [4.78, 5) is 25.5. The molecule has 0 bridgehead atoms. The zero-order valence-electron chi connectivity index (χ0n) is 44.1. The van der Waals surface area contributed by atoms with E-state index in [2.05, 4.69) is 55.6 Å². The molecule has 2 N–H and O–H groups in total. The first-order valence-electron chi connectivity index (χ1n) is 28.0. The minimum Gasteiger partial charge on any atom is -0.756 e. The smallest absolute Gasteiger partial charge is 0.268 e. The van der Waals surface area contributed by atoms with Gasteiger partial charge in [0.05, 0.1) is 39.9 Å². The maximum Gasteiger partial charge on any atom is 0.268 e. The van der Waals surface area contributed by atoms with Crippen molar-refractivity contribution in [2.24, 2.45) is 0 Å². The molecule has 8 nitrogen and oxygen atoms in total. The highest BCUT2D eigenvalue weighted by molar-refractivity contribution is 7.45. The van der Waals surface area contributed by atoms with Crippen LogP contribution >= 0.6 is 7.82 Å². The summed E-state index contributed by atoms with van der Waals surface area (Å²) < 4.78 is 23.3. The largest absolute Gasteiger partial charge is 0.756 e. The Morgan fingerprint density at radius 1 is 0.530 bits per heavy atom. The van der Waals surface area contributed by atoms with E-state index < -0.39 is 26.6 Å². The Morgan fingerprint density at radius 3 is 1.32 bits per heavy atom. The minimum absolute atomic E-state index is 0.00881. The summed E-state index contributed by atoms with van der Waals surface area (Å²) in [6, 6.07) is -0.909. The first kappa shape index (κ1) is 64.5. The Morgan fingerprint density at radius 2 is 0.894 bits per heavy atom. The third-order valence-electron chi connectivity index (χ3n) is 12.5. The number of aliphatic hydroxyl groups is 1. The van der Waals surface area contributed by atoms with Crippen LogP contribution in [-0.4, -0.2) is 68.5 Å². The number of hydrogen-bond donors (Lipinski definition) is 2. The standard InChI is InChI=1S/C57H109N2O6P/c1-6-8-10-12-14-16-18-20-22-24-26-28-29-31-33-35-37-39-41-43-45-47-49-51-57(61)58-55(54-65-66(62,63)64-53-52-59(3,4)5)56(60)50-48-46-44-42-40-38-36-34-32-30-27-25-23-21-19-17-15-13-11-9-7-2/h26,28,31,33,40,42,48,50,55-56,60H,6-25,27,29-30,32,34-39,41,43-47,49,51-54H2,1-5H3,(H-,58,61,62,63)/b28-26-,33-31-,42-40+,50-48+. The van der Waals surface area contributed by atoms with Crippen LogP contribution in [0, 0.1) is 0 Å². The van der Waals surface area contributed by atoms with E-state index in [0.29, 0.717) is 17.4 Å². The van der Waals surface area contributed by atoms with Crippen molar-refractivity contribution in [2.75, 3.05) is 40.9 Å². The molecule has 66 heavy (non-hydrogen) atoms. The Kier molecular flexibility index (Phi) is 47.4. The third kappa shape index (κ3) is 50.3. The first-order chi connectivity index (χ1) is 32.0. The fourth-order valence-corrected chi connectivity index (χ4v) is 8.81. The molecule has 1 amide bonds. The summed E-state index contributed by atoms with van der Waals surface area (Å²) in [6.45, 7) is 4.64. The molecule has 3 atom stereocenters. The Bertz CT molecular complexity index is 1210. The fraction of sp³-hybridized carbons (Fsp3) is 0.842. The first-order valence-corrected chi connectivity index (χ1v) is 29.5. The summed E-state index contributed by atoms with van der Waals surface area (Å²) >= 11 is 0. The van der Waals surface area contributed by atoms with Crippen molar-refractivity contribution in [3.05, 3.63) is 48.6 Å². The number of quaternary nitrogens is 1. The molecule has 0 fully saturated rings. The van der Waals surface area contributed by atoms with E-state index >= 15 is 0 Å².